The van der Waals surface area contributed by atoms with E-state index in [1.54, 1.807) is 0 Å². The highest BCUT2D eigenvalue weighted by atomic mass is 16.3. The first kappa shape index (κ1) is 31.6. The van der Waals surface area contributed by atoms with Crippen LogP contribution in [0.15, 0.2) is 217 Å². The van der Waals surface area contributed by atoms with Crippen molar-refractivity contribution >= 4 is 49.8 Å². The van der Waals surface area contributed by atoms with Crippen LogP contribution in [0, 0.1) is 0 Å². The van der Waals surface area contributed by atoms with Gasteiger partial charge in [-0.25, -0.2) is 0 Å². The molecule has 0 bridgehead atoms. The summed E-state index contributed by atoms with van der Waals surface area (Å²) in [5, 5.41) is 4.65. The Morgan fingerprint density at radius 3 is 1.74 bits per heavy atom. The number of furan rings is 1. The van der Waals surface area contributed by atoms with Gasteiger partial charge < -0.3 is 9.32 Å². The molecular formula is C52H35NO. The third-order valence-corrected chi connectivity index (χ3v) is 10.5. The largest absolute Gasteiger partial charge is 0.456 e. The third kappa shape index (κ3) is 5.62. The van der Waals surface area contributed by atoms with Crippen LogP contribution < -0.4 is 4.90 Å². The lowest BCUT2D eigenvalue weighted by Crippen LogP contribution is -2.12. The van der Waals surface area contributed by atoms with Crippen LogP contribution in [0.25, 0.3) is 77.2 Å². The SMILES string of the molecule is c1ccc(-c2ccccc2-c2c(-c3ccccc3)cccc2N(c2cccc(-c3ccc4ccccc4c3)c2)c2ccc3oc4ccccc4c3c2)cc1. The Hall–Kier alpha value is -7.16. The highest BCUT2D eigenvalue weighted by Gasteiger charge is 2.23. The number of nitrogens with zero attached hydrogens (tertiary/aromatic N) is 1. The molecule has 0 unspecified atom stereocenters. The second-order valence-electron chi connectivity index (χ2n) is 13.7. The van der Waals surface area contributed by atoms with E-state index in [-0.39, 0.29) is 0 Å². The van der Waals surface area contributed by atoms with Gasteiger partial charge in [0.1, 0.15) is 11.2 Å². The Bertz CT molecular complexity index is 2940. The van der Waals surface area contributed by atoms with Gasteiger partial charge >= 0.3 is 0 Å². The van der Waals surface area contributed by atoms with Gasteiger partial charge in [0.05, 0.1) is 5.69 Å². The van der Waals surface area contributed by atoms with Crippen molar-refractivity contribution in [3.05, 3.63) is 212 Å². The first-order valence-electron chi connectivity index (χ1n) is 18.4. The van der Waals surface area contributed by atoms with E-state index in [9.17, 15) is 0 Å². The summed E-state index contributed by atoms with van der Waals surface area (Å²) in [7, 11) is 0. The maximum absolute atomic E-state index is 6.33. The van der Waals surface area contributed by atoms with Gasteiger partial charge in [0, 0.05) is 27.7 Å². The fourth-order valence-corrected chi connectivity index (χ4v) is 7.91. The average molecular weight is 690 g/mol. The van der Waals surface area contributed by atoms with E-state index in [2.05, 4.69) is 205 Å². The van der Waals surface area contributed by atoms with Gasteiger partial charge in [-0.3, -0.25) is 0 Å². The molecule has 0 saturated carbocycles. The smallest absolute Gasteiger partial charge is 0.135 e. The molecule has 54 heavy (non-hydrogen) atoms. The highest BCUT2D eigenvalue weighted by Crippen LogP contribution is 2.49. The number of rotatable bonds is 7. The topological polar surface area (TPSA) is 16.4 Å². The van der Waals surface area contributed by atoms with E-state index in [1.165, 1.54) is 44.2 Å². The Morgan fingerprint density at radius 1 is 0.315 bits per heavy atom. The Labute approximate surface area is 314 Å². The second-order valence-corrected chi connectivity index (χ2v) is 13.7. The van der Waals surface area contributed by atoms with E-state index < -0.39 is 0 Å². The van der Waals surface area contributed by atoms with Crippen molar-refractivity contribution < 1.29 is 4.42 Å². The predicted octanol–water partition coefficient (Wildman–Crippen LogP) is 14.9. The molecule has 1 heterocycles. The molecule has 0 amide bonds. The molecule has 0 aliphatic rings. The van der Waals surface area contributed by atoms with Crippen LogP contribution in [0.5, 0.6) is 0 Å². The van der Waals surface area contributed by atoms with Crippen LogP contribution in [0.2, 0.25) is 0 Å². The quantitative estimate of drug-likeness (QED) is 0.166. The monoisotopic (exact) mass is 689 g/mol. The van der Waals surface area contributed by atoms with Gasteiger partial charge in [0.25, 0.3) is 0 Å². The number of fused-ring (bicyclic) bond motifs is 4. The molecule has 254 valence electrons. The van der Waals surface area contributed by atoms with E-state index >= 15 is 0 Å². The number of anilines is 3. The minimum absolute atomic E-state index is 0.873. The van der Waals surface area contributed by atoms with E-state index in [1.807, 2.05) is 12.1 Å². The van der Waals surface area contributed by atoms with E-state index in [4.69, 9.17) is 4.42 Å². The van der Waals surface area contributed by atoms with Crippen molar-refractivity contribution in [1.82, 2.24) is 0 Å². The first-order valence-corrected chi connectivity index (χ1v) is 18.4. The van der Waals surface area contributed by atoms with E-state index in [0.717, 1.165) is 50.1 Å². The molecule has 1 aromatic heterocycles. The molecule has 0 spiro atoms. The van der Waals surface area contributed by atoms with E-state index in [0.29, 0.717) is 0 Å². The molecule has 0 radical (unpaired) electrons. The first-order chi connectivity index (χ1) is 26.8. The van der Waals surface area contributed by atoms with Gasteiger partial charge in [0.15, 0.2) is 0 Å². The summed E-state index contributed by atoms with van der Waals surface area (Å²) in [6.07, 6.45) is 0. The minimum atomic E-state index is 0.873. The second kappa shape index (κ2) is 13.4. The lowest BCUT2D eigenvalue weighted by Gasteiger charge is -2.30. The summed E-state index contributed by atoms with van der Waals surface area (Å²) < 4.78 is 6.33. The molecule has 0 saturated heterocycles. The fraction of sp³-hybridized carbons (Fsp3) is 0. The highest BCUT2D eigenvalue weighted by molar-refractivity contribution is 6.08. The summed E-state index contributed by atoms with van der Waals surface area (Å²) in [6, 6.07) is 76.1. The summed E-state index contributed by atoms with van der Waals surface area (Å²) in [5.41, 5.74) is 14.3. The van der Waals surface area contributed by atoms with Crippen molar-refractivity contribution in [2.75, 3.05) is 4.90 Å². The number of hydrogen-bond donors (Lipinski definition) is 0. The molecular weight excluding hydrogens is 655 g/mol. The molecule has 2 nitrogen and oxygen atoms in total. The zero-order chi connectivity index (χ0) is 35.8. The van der Waals surface area contributed by atoms with Crippen molar-refractivity contribution in [2.24, 2.45) is 0 Å². The lowest BCUT2D eigenvalue weighted by molar-refractivity contribution is 0.669. The van der Waals surface area contributed by atoms with Crippen LogP contribution in [-0.2, 0) is 0 Å². The maximum atomic E-state index is 6.33. The van der Waals surface area contributed by atoms with Crippen molar-refractivity contribution in [1.29, 1.82) is 0 Å². The van der Waals surface area contributed by atoms with Crippen LogP contribution in [0.3, 0.4) is 0 Å². The molecule has 10 aromatic rings. The minimum Gasteiger partial charge on any atom is -0.456 e. The van der Waals surface area contributed by atoms with Crippen LogP contribution in [0.1, 0.15) is 0 Å². The van der Waals surface area contributed by atoms with Crippen LogP contribution in [-0.4, -0.2) is 0 Å². The molecule has 2 heteroatoms. The number of para-hydroxylation sites is 1. The molecule has 0 aliphatic carbocycles. The number of benzene rings is 9. The predicted molar refractivity (Wildman–Crippen MR) is 228 cm³/mol. The van der Waals surface area contributed by atoms with Crippen LogP contribution >= 0.6 is 0 Å². The van der Waals surface area contributed by atoms with Gasteiger partial charge in [-0.05, 0) is 98.2 Å². The summed E-state index contributed by atoms with van der Waals surface area (Å²) in [4.78, 5) is 2.43. The normalized spacial score (nSPS) is 11.3. The third-order valence-electron chi connectivity index (χ3n) is 10.5. The lowest BCUT2D eigenvalue weighted by atomic mass is 9.87. The molecule has 0 fully saturated rings. The number of hydrogen-bond acceptors (Lipinski definition) is 2. The average Bonchev–Trinajstić information content (AvgIpc) is 3.62. The van der Waals surface area contributed by atoms with Crippen molar-refractivity contribution in [3.8, 4) is 44.5 Å². The molecule has 9 aromatic carbocycles. The molecule has 0 atom stereocenters. The zero-order valence-corrected chi connectivity index (χ0v) is 29.6. The van der Waals surface area contributed by atoms with Crippen LogP contribution in [0.4, 0.5) is 17.1 Å². The molecule has 10 rings (SSSR count). The van der Waals surface area contributed by atoms with Gasteiger partial charge in [-0.15, -0.1) is 0 Å². The molecule has 0 aliphatic heterocycles. The van der Waals surface area contributed by atoms with Gasteiger partial charge in [-0.1, -0.05) is 164 Å². The Morgan fingerprint density at radius 2 is 0.907 bits per heavy atom. The fourth-order valence-electron chi connectivity index (χ4n) is 7.91. The molecule has 0 N–H and O–H groups in total. The Balaban J connectivity index is 1.26. The van der Waals surface area contributed by atoms with Crippen molar-refractivity contribution in [3.63, 3.8) is 0 Å². The van der Waals surface area contributed by atoms with Crippen molar-refractivity contribution in [2.45, 2.75) is 0 Å². The summed E-state index contributed by atoms with van der Waals surface area (Å²) in [5.74, 6) is 0. The summed E-state index contributed by atoms with van der Waals surface area (Å²) in [6.45, 7) is 0. The maximum Gasteiger partial charge on any atom is 0.135 e. The standard InChI is InChI=1S/C52H35NO/c1-3-16-37(17-4-1)44-23-9-10-25-47(44)52-45(38-18-5-2-6-19-38)26-14-27-49(52)53(43-31-32-51-48(35-43)46-24-11-12-28-50(46)54-51)42-22-13-21-40(34-42)41-30-29-36-15-7-8-20-39(36)33-41/h1-35H. The Kier molecular flexibility index (Phi) is 7.85. The van der Waals surface area contributed by atoms with Gasteiger partial charge in [-0.2, -0.15) is 0 Å². The summed E-state index contributed by atoms with van der Waals surface area (Å²) >= 11 is 0. The zero-order valence-electron chi connectivity index (χ0n) is 29.6. The van der Waals surface area contributed by atoms with Gasteiger partial charge in [0.2, 0.25) is 0 Å².